The first-order valence-corrected chi connectivity index (χ1v) is 6.46. The molecule has 1 saturated heterocycles. The molecule has 0 spiro atoms. The van der Waals surface area contributed by atoms with Gasteiger partial charge in [-0.1, -0.05) is 20.3 Å². The number of hydrogen-bond donors (Lipinski definition) is 1. The lowest BCUT2D eigenvalue weighted by atomic mass is 9.80. The van der Waals surface area contributed by atoms with Gasteiger partial charge in [0.05, 0.1) is 5.60 Å². The van der Waals surface area contributed by atoms with Crippen LogP contribution in [0.2, 0.25) is 0 Å². The molecule has 2 nitrogen and oxygen atoms in total. The standard InChI is InChI=1S/C13H27NO/c1-5-7-12(14-4)11-8-9-15-13(3,6-2)10-11/h11-12,14H,5-10H2,1-4H3. The van der Waals surface area contributed by atoms with Crippen molar-refractivity contribution >= 4 is 0 Å². The van der Waals surface area contributed by atoms with Gasteiger partial charge in [-0.15, -0.1) is 0 Å². The smallest absolute Gasteiger partial charge is 0.0655 e. The summed E-state index contributed by atoms with van der Waals surface area (Å²) in [5.41, 5.74) is 0.131. The lowest BCUT2D eigenvalue weighted by Gasteiger charge is -2.41. The Hall–Kier alpha value is -0.0800. The summed E-state index contributed by atoms with van der Waals surface area (Å²) < 4.78 is 5.89. The van der Waals surface area contributed by atoms with E-state index in [1.165, 1.54) is 25.7 Å². The monoisotopic (exact) mass is 213 g/mol. The maximum atomic E-state index is 5.89. The molecule has 1 heterocycles. The van der Waals surface area contributed by atoms with Gasteiger partial charge in [0.1, 0.15) is 0 Å². The average Bonchev–Trinajstić information content (AvgIpc) is 2.26. The van der Waals surface area contributed by atoms with Gasteiger partial charge < -0.3 is 10.1 Å². The van der Waals surface area contributed by atoms with E-state index in [-0.39, 0.29) is 5.60 Å². The normalized spacial score (nSPS) is 34.0. The fourth-order valence-corrected chi connectivity index (χ4v) is 2.69. The Morgan fingerprint density at radius 3 is 2.73 bits per heavy atom. The quantitative estimate of drug-likeness (QED) is 0.758. The summed E-state index contributed by atoms with van der Waals surface area (Å²) in [7, 11) is 2.10. The van der Waals surface area contributed by atoms with Crippen molar-refractivity contribution in [2.45, 2.75) is 64.5 Å². The van der Waals surface area contributed by atoms with E-state index < -0.39 is 0 Å². The lowest BCUT2D eigenvalue weighted by Crippen LogP contribution is -2.44. The topological polar surface area (TPSA) is 21.3 Å². The third kappa shape index (κ3) is 3.46. The van der Waals surface area contributed by atoms with Gasteiger partial charge in [-0.2, -0.15) is 0 Å². The van der Waals surface area contributed by atoms with Crippen molar-refractivity contribution in [2.24, 2.45) is 5.92 Å². The Kier molecular flexibility index (Phi) is 5.07. The molecule has 0 saturated carbocycles. The van der Waals surface area contributed by atoms with E-state index in [0.29, 0.717) is 6.04 Å². The molecule has 0 radical (unpaired) electrons. The van der Waals surface area contributed by atoms with Crippen LogP contribution in [0.5, 0.6) is 0 Å². The highest BCUT2D eigenvalue weighted by Crippen LogP contribution is 2.34. The first-order chi connectivity index (χ1) is 7.15. The fraction of sp³-hybridized carbons (Fsp3) is 1.00. The molecule has 0 aliphatic carbocycles. The van der Waals surface area contributed by atoms with Crippen LogP contribution in [-0.2, 0) is 4.74 Å². The minimum Gasteiger partial charge on any atom is -0.375 e. The van der Waals surface area contributed by atoms with Crippen molar-refractivity contribution in [1.29, 1.82) is 0 Å². The Morgan fingerprint density at radius 2 is 2.20 bits per heavy atom. The van der Waals surface area contributed by atoms with Crippen LogP contribution in [0.3, 0.4) is 0 Å². The summed E-state index contributed by atoms with van der Waals surface area (Å²) in [6.45, 7) is 7.70. The molecule has 2 heteroatoms. The van der Waals surface area contributed by atoms with Crippen LogP contribution in [0.4, 0.5) is 0 Å². The van der Waals surface area contributed by atoms with Crippen LogP contribution in [0.25, 0.3) is 0 Å². The van der Waals surface area contributed by atoms with Gasteiger partial charge in [-0.3, -0.25) is 0 Å². The van der Waals surface area contributed by atoms with Crippen LogP contribution in [-0.4, -0.2) is 25.3 Å². The molecule has 0 amide bonds. The summed E-state index contributed by atoms with van der Waals surface area (Å²) in [5, 5.41) is 3.48. The maximum Gasteiger partial charge on any atom is 0.0655 e. The van der Waals surface area contributed by atoms with E-state index in [1.807, 2.05) is 0 Å². The minimum absolute atomic E-state index is 0.131. The summed E-state index contributed by atoms with van der Waals surface area (Å²) in [5.74, 6) is 0.800. The van der Waals surface area contributed by atoms with Gasteiger partial charge in [0.2, 0.25) is 0 Å². The predicted molar refractivity (Wildman–Crippen MR) is 65.1 cm³/mol. The summed E-state index contributed by atoms with van der Waals surface area (Å²) >= 11 is 0. The zero-order valence-electron chi connectivity index (χ0n) is 10.8. The van der Waals surface area contributed by atoms with Crippen molar-refractivity contribution in [1.82, 2.24) is 5.32 Å². The fourth-order valence-electron chi connectivity index (χ4n) is 2.69. The molecule has 0 aromatic rings. The third-order valence-electron chi connectivity index (χ3n) is 3.92. The van der Waals surface area contributed by atoms with Crippen LogP contribution < -0.4 is 5.32 Å². The molecule has 1 aliphatic heterocycles. The summed E-state index contributed by atoms with van der Waals surface area (Å²) in [6.07, 6.45) is 6.13. The molecule has 0 aromatic heterocycles. The third-order valence-corrected chi connectivity index (χ3v) is 3.92. The second-order valence-electron chi connectivity index (χ2n) is 5.09. The SMILES string of the molecule is CCCC(NC)C1CCOC(C)(CC)C1. The van der Waals surface area contributed by atoms with Crippen molar-refractivity contribution in [3.05, 3.63) is 0 Å². The van der Waals surface area contributed by atoms with E-state index in [4.69, 9.17) is 4.74 Å². The van der Waals surface area contributed by atoms with E-state index >= 15 is 0 Å². The van der Waals surface area contributed by atoms with Crippen LogP contribution >= 0.6 is 0 Å². The van der Waals surface area contributed by atoms with Crippen molar-refractivity contribution in [2.75, 3.05) is 13.7 Å². The molecule has 1 N–H and O–H groups in total. The van der Waals surface area contributed by atoms with Gasteiger partial charge in [0.15, 0.2) is 0 Å². The van der Waals surface area contributed by atoms with Gasteiger partial charge >= 0.3 is 0 Å². The molecule has 1 fully saturated rings. The van der Waals surface area contributed by atoms with Crippen LogP contribution in [0, 0.1) is 5.92 Å². The number of rotatable bonds is 5. The average molecular weight is 213 g/mol. The predicted octanol–water partition coefficient (Wildman–Crippen LogP) is 2.97. The van der Waals surface area contributed by atoms with E-state index in [0.717, 1.165) is 18.9 Å². The molecule has 1 aliphatic rings. The van der Waals surface area contributed by atoms with E-state index in [2.05, 4.69) is 33.1 Å². The van der Waals surface area contributed by atoms with Crippen molar-refractivity contribution in [3.8, 4) is 0 Å². The van der Waals surface area contributed by atoms with E-state index in [9.17, 15) is 0 Å². The van der Waals surface area contributed by atoms with Gasteiger partial charge in [-0.05, 0) is 45.6 Å². The molecular formula is C13H27NO. The van der Waals surface area contributed by atoms with Gasteiger partial charge in [0, 0.05) is 12.6 Å². The number of nitrogens with one attached hydrogen (secondary N) is 1. The minimum atomic E-state index is 0.131. The Balaban J connectivity index is 2.53. The highest BCUT2D eigenvalue weighted by molar-refractivity contribution is 4.87. The first-order valence-electron chi connectivity index (χ1n) is 6.46. The molecular weight excluding hydrogens is 186 g/mol. The molecule has 0 bridgehead atoms. The molecule has 90 valence electrons. The number of hydrogen-bond acceptors (Lipinski definition) is 2. The molecule has 1 rings (SSSR count). The lowest BCUT2D eigenvalue weighted by molar-refractivity contribution is -0.0925. The van der Waals surface area contributed by atoms with Crippen LogP contribution in [0.15, 0.2) is 0 Å². The Labute approximate surface area is 94.8 Å². The summed E-state index contributed by atoms with van der Waals surface area (Å²) in [4.78, 5) is 0. The van der Waals surface area contributed by atoms with Crippen LogP contribution in [0.1, 0.15) is 52.9 Å². The molecule has 15 heavy (non-hydrogen) atoms. The summed E-state index contributed by atoms with van der Waals surface area (Å²) in [6, 6.07) is 0.685. The molecule has 3 unspecified atom stereocenters. The highest BCUT2D eigenvalue weighted by Gasteiger charge is 2.34. The highest BCUT2D eigenvalue weighted by atomic mass is 16.5. The zero-order chi connectivity index (χ0) is 11.3. The van der Waals surface area contributed by atoms with Gasteiger partial charge in [-0.25, -0.2) is 0 Å². The second-order valence-corrected chi connectivity index (χ2v) is 5.09. The zero-order valence-corrected chi connectivity index (χ0v) is 10.8. The van der Waals surface area contributed by atoms with Crippen molar-refractivity contribution < 1.29 is 4.74 Å². The van der Waals surface area contributed by atoms with Gasteiger partial charge in [0.25, 0.3) is 0 Å². The molecule has 3 atom stereocenters. The molecule has 0 aromatic carbocycles. The maximum absolute atomic E-state index is 5.89. The Morgan fingerprint density at radius 1 is 1.47 bits per heavy atom. The largest absolute Gasteiger partial charge is 0.375 e. The Bertz CT molecular complexity index is 183. The number of ether oxygens (including phenoxy) is 1. The first kappa shape index (κ1) is 13.0. The second kappa shape index (κ2) is 5.86. The van der Waals surface area contributed by atoms with Crippen molar-refractivity contribution in [3.63, 3.8) is 0 Å². The van der Waals surface area contributed by atoms with E-state index in [1.54, 1.807) is 0 Å².